The molecule has 0 radical (unpaired) electrons. The molecular weight excluding hydrogens is 352 g/mol. The molecule has 1 unspecified atom stereocenters. The van der Waals surface area contributed by atoms with E-state index < -0.39 is 11.6 Å². The van der Waals surface area contributed by atoms with Gasteiger partial charge in [0.25, 0.3) is 0 Å². The van der Waals surface area contributed by atoms with Gasteiger partial charge < -0.3 is 15.1 Å². The van der Waals surface area contributed by atoms with Gasteiger partial charge in [0.2, 0.25) is 11.8 Å². The van der Waals surface area contributed by atoms with Crippen molar-refractivity contribution in [3.05, 3.63) is 23.8 Å². The summed E-state index contributed by atoms with van der Waals surface area (Å²) in [5, 5.41) is 2.64. The minimum atomic E-state index is -0.651. The van der Waals surface area contributed by atoms with Crippen LogP contribution >= 0.6 is 0 Å². The van der Waals surface area contributed by atoms with Crippen molar-refractivity contribution >= 4 is 23.2 Å². The molecule has 1 aromatic carbocycles. The molecule has 2 saturated heterocycles. The molecule has 1 aliphatic carbocycles. The van der Waals surface area contributed by atoms with Gasteiger partial charge in [-0.3, -0.25) is 9.59 Å². The zero-order chi connectivity index (χ0) is 19.0. The van der Waals surface area contributed by atoms with E-state index >= 15 is 0 Å². The van der Waals surface area contributed by atoms with Crippen LogP contribution in [-0.4, -0.2) is 42.9 Å². The molecule has 27 heavy (non-hydrogen) atoms. The summed E-state index contributed by atoms with van der Waals surface area (Å²) < 4.78 is 28.9. The lowest BCUT2D eigenvalue weighted by molar-refractivity contribution is -0.135. The Morgan fingerprint density at radius 2 is 1.59 bits per heavy atom. The number of halogens is 2. The van der Waals surface area contributed by atoms with E-state index in [1.807, 2.05) is 0 Å². The number of anilines is 2. The molecule has 1 N–H and O–H groups in total. The van der Waals surface area contributed by atoms with Gasteiger partial charge in [0.15, 0.2) is 11.6 Å². The summed E-state index contributed by atoms with van der Waals surface area (Å²) in [5.74, 6) is -1.66. The zero-order valence-corrected chi connectivity index (χ0v) is 15.3. The van der Waals surface area contributed by atoms with Crippen molar-refractivity contribution in [1.29, 1.82) is 0 Å². The Kier molecular flexibility index (Phi) is 5.02. The molecule has 1 saturated carbocycles. The number of rotatable bonds is 4. The summed E-state index contributed by atoms with van der Waals surface area (Å²) >= 11 is 0. The van der Waals surface area contributed by atoms with Gasteiger partial charge in [-0.05, 0) is 50.7 Å². The highest BCUT2D eigenvalue weighted by atomic mass is 19.1. The van der Waals surface area contributed by atoms with E-state index in [1.165, 1.54) is 12.1 Å². The minimum absolute atomic E-state index is 0.00984. The highest BCUT2D eigenvalue weighted by Gasteiger charge is 2.36. The third-order valence-corrected chi connectivity index (χ3v) is 5.74. The molecule has 2 amide bonds. The monoisotopic (exact) mass is 377 g/mol. The summed E-state index contributed by atoms with van der Waals surface area (Å²) in [6, 6.07) is 2.37. The maximum Gasteiger partial charge on any atom is 0.229 e. The molecule has 4 rings (SSSR count). The van der Waals surface area contributed by atoms with Crippen molar-refractivity contribution < 1.29 is 18.4 Å². The number of benzene rings is 1. The molecule has 5 nitrogen and oxygen atoms in total. The normalized spacial score (nSPS) is 22.8. The van der Waals surface area contributed by atoms with Gasteiger partial charge in [0.1, 0.15) is 5.69 Å². The van der Waals surface area contributed by atoms with Crippen LogP contribution in [0.4, 0.5) is 20.2 Å². The lowest BCUT2D eigenvalue weighted by Gasteiger charge is -2.32. The fourth-order valence-electron chi connectivity index (χ4n) is 4.10. The molecule has 0 bridgehead atoms. The van der Waals surface area contributed by atoms with Crippen molar-refractivity contribution in [2.45, 2.75) is 38.5 Å². The van der Waals surface area contributed by atoms with Crippen molar-refractivity contribution in [3.63, 3.8) is 0 Å². The van der Waals surface area contributed by atoms with Crippen LogP contribution in [0.5, 0.6) is 0 Å². The fourth-order valence-corrected chi connectivity index (χ4v) is 4.10. The first-order valence-electron chi connectivity index (χ1n) is 9.86. The molecular formula is C20H25F2N3O2. The summed E-state index contributed by atoms with van der Waals surface area (Å²) in [6.45, 7) is 2.36. The Labute approximate surface area is 157 Å². The number of carbonyl (C=O) groups excluding carboxylic acids is 2. The highest BCUT2D eigenvalue weighted by Crippen LogP contribution is 2.33. The van der Waals surface area contributed by atoms with E-state index in [2.05, 4.69) is 5.32 Å². The van der Waals surface area contributed by atoms with E-state index in [1.54, 1.807) is 9.80 Å². The third kappa shape index (κ3) is 3.92. The summed E-state index contributed by atoms with van der Waals surface area (Å²) in [4.78, 5) is 28.3. The quantitative estimate of drug-likeness (QED) is 0.877. The second kappa shape index (κ2) is 7.44. The maximum absolute atomic E-state index is 14.4. The predicted octanol–water partition coefficient (Wildman–Crippen LogP) is 3.15. The van der Waals surface area contributed by atoms with Gasteiger partial charge in [-0.1, -0.05) is 0 Å². The van der Waals surface area contributed by atoms with Crippen LogP contribution in [0.15, 0.2) is 12.1 Å². The first-order chi connectivity index (χ1) is 13.0. The third-order valence-electron chi connectivity index (χ3n) is 5.74. The highest BCUT2D eigenvalue weighted by molar-refractivity contribution is 5.93. The Morgan fingerprint density at radius 1 is 0.926 bits per heavy atom. The van der Waals surface area contributed by atoms with Gasteiger partial charge in [-0.25, -0.2) is 8.78 Å². The largest absolute Gasteiger partial charge is 0.367 e. The van der Waals surface area contributed by atoms with Crippen molar-refractivity contribution in [3.8, 4) is 0 Å². The lowest BCUT2D eigenvalue weighted by Crippen LogP contribution is -2.44. The Hall–Kier alpha value is -2.18. The van der Waals surface area contributed by atoms with E-state index in [0.717, 1.165) is 32.1 Å². The standard InChI is InChI=1S/C20H25F2N3O2/c21-16-10-15(11-17(22)18(16)24-7-1-2-8-24)23-19(26)14-4-3-9-25(12-14)20(27)13-5-6-13/h10-11,13-14H,1-9,12H2,(H,23,26). The molecule has 1 atom stereocenters. The molecule has 3 fully saturated rings. The summed E-state index contributed by atoms with van der Waals surface area (Å²) in [6.07, 6.45) is 5.18. The molecule has 3 aliphatic rings. The first kappa shape index (κ1) is 18.2. The number of piperidine rings is 1. The second-order valence-corrected chi connectivity index (χ2v) is 7.87. The second-order valence-electron chi connectivity index (χ2n) is 7.87. The fraction of sp³-hybridized carbons (Fsp3) is 0.600. The first-order valence-corrected chi connectivity index (χ1v) is 9.86. The van der Waals surface area contributed by atoms with Crippen LogP contribution in [0.25, 0.3) is 0 Å². The number of hydrogen-bond donors (Lipinski definition) is 1. The van der Waals surface area contributed by atoms with Crippen LogP contribution in [0.1, 0.15) is 38.5 Å². The molecule has 1 aromatic rings. The van der Waals surface area contributed by atoms with Crippen LogP contribution in [-0.2, 0) is 9.59 Å². The summed E-state index contributed by atoms with van der Waals surface area (Å²) in [7, 11) is 0. The summed E-state index contributed by atoms with van der Waals surface area (Å²) in [5.41, 5.74) is 0.118. The van der Waals surface area contributed by atoms with Crippen LogP contribution in [0.3, 0.4) is 0 Å². The average Bonchev–Trinajstić information content (AvgIpc) is 3.37. The van der Waals surface area contributed by atoms with E-state index in [4.69, 9.17) is 0 Å². The van der Waals surface area contributed by atoms with Gasteiger partial charge >= 0.3 is 0 Å². The van der Waals surface area contributed by atoms with Gasteiger partial charge in [0, 0.05) is 37.8 Å². The van der Waals surface area contributed by atoms with Crippen LogP contribution in [0, 0.1) is 23.5 Å². The van der Waals surface area contributed by atoms with E-state index in [9.17, 15) is 18.4 Å². The van der Waals surface area contributed by atoms with Crippen molar-refractivity contribution in [1.82, 2.24) is 4.90 Å². The SMILES string of the molecule is O=C(Nc1cc(F)c(N2CCCC2)c(F)c1)C1CCCN(C(=O)C2CC2)C1. The van der Waals surface area contributed by atoms with Crippen LogP contribution < -0.4 is 10.2 Å². The number of amides is 2. The lowest BCUT2D eigenvalue weighted by atomic mass is 9.96. The number of nitrogens with one attached hydrogen (secondary N) is 1. The Bertz CT molecular complexity index is 722. The molecule has 2 aliphatic heterocycles. The van der Waals surface area contributed by atoms with Gasteiger partial charge in [0.05, 0.1) is 5.92 Å². The molecule has 146 valence electrons. The van der Waals surface area contributed by atoms with Crippen molar-refractivity contribution in [2.24, 2.45) is 11.8 Å². The number of likely N-dealkylation sites (tertiary alicyclic amines) is 1. The number of hydrogen-bond acceptors (Lipinski definition) is 3. The van der Waals surface area contributed by atoms with E-state index in [-0.39, 0.29) is 35.0 Å². The smallest absolute Gasteiger partial charge is 0.229 e. The number of nitrogens with zero attached hydrogens (tertiary/aromatic N) is 2. The topological polar surface area (TPSA) is 52.7 Å². The van der Waals surface area contributed by atoms with Gasteiger partial charge in [-0.15, -0.1) is 0 Å². The average molecular weight is 377 g/mol. The van der Waals surface area contributed by atoms with Crippen molar-refractivity contribution in [2.75, 3.05) is 36.4 Å². The molecule has 2 heterocycles. The minimum Gasteiger partial charge on any atom is -0.367 e. The molecule has 0 aromatic heterocycles. The Balaban J connectivity index is 1.42. The Morgan fingerprint density at radius 3 is 2.22 bits per heavy atom. The molecule has 0 spiro atoms. The molecule has 7 heteroatoms. The maximum atomic E-state index is 14.4. The zero-order valence-electron chi connectivity index (χ0n) is 15.3. The van der Waals surface area contributed by atoms with Gasteiger partial charge in [-0.2, -0.15) is 0 Å². The van der Waals surface area contributed by atoms with Crippen LogP contribution in [0.2, 0.25) is 0 Å². The van der Waals surface area contributed by atoms with E-state index in [0.29, 0.717) is 32.6 Å². The predicted molar refractivity (Wildman–Crippen MR) is 98.5 cm³/mol. The number of carbonyl (C=O) groups is 2.